The zero-order valence-electron chi connectivity index (χ0n) is 15.1. The highest BCUT2D eigenvalue weighted by molar-refractivity contribution is 6.30. The van der Waals surface area contributed by atoms with Gasteiger partial charge in [-0.25, -0.2) is 0 Å². The van der Waals surface area contributed by atoms with Gasteiger partial charge in [-0.1, -0.05) is 17.7 Å². The van der Waals surface area contributed by atoms with E-state index in [0.717, 1.165) is 11.3 Å². The maximum absolute atomic E-state index is 13.3. The molecule has 2 aromatic carbocycles. The van der Waals surface area contributed by atoms with Crippen LogP contribution in [0.1, 0.15) is 15.9 Å². The van der Waals surface area contributed by atoms with Gasteiger partial charge in [0.05, 0.1) is 20.8 Å². The standard InChI is InChI=1S/C21H19ClN2O3/c1-26-19-10-16(11-20(12-19)27-2)21(25)24(14-15-4-3-9-23-13-15)18-7-5-17(22)6-8-18/h3-13H,14H2,1-2H3. The molecule has 0 saturated carbocycles. The number of methoxy groups -OCH3 is 2. The summed E-state index contributed by atoms with van der Waals surface area (Å²) < 4.78 is 10.6. The molecule has 0 saturated heterocycles. The van der Waals surface area contributed by atoms with Crippen molar-refractivity contribution < 1.29 is 14.3 Å². The summed E-state index contributed by atoms with van der Waals surface area (Å²) in [5.74, 6) is 0.920. The molecule has 1 amide bonds. The Bertz CT molecular complexity index is 892. The van der Waals surface area contributed by atoms with Crippen molar-refractivity contribution in [2.24, 2.45) is 0 Å². The van der Waals surface area contributed by atoms with Crippen molar-refractivity contribution in [3.63, 3.8) is 0 Å². The number of hydrogen-bond acceptors (Lipinski definition) is 4. The van der Waals surface area contributed by atoms with Gasteiger partial charge in [0.2, 0.25) is 0 Å². The van der Waals surface area contributed by atoms with Gasteiger partial charge in [0.25, 0.3) is 5.91 Å². The first kappa shape index (κ1) is 18.7. The molecule has 0 N–H and O–H groups in total. The first-order valence-electron chi connectivity index (χ1n) is 8.30. The predicted octanol–water partition coefficient (Wildman–Crippen LogP) is 4.60. The van der Waals surface area contributed by atoms with Crippen LogP contribution in [0.15, 0.2) is 67.0 Å². The summed E-state index contributed by atoms with van der Waals surface area (Å²) in [4.78, 5) is 19.1. The Labute approximate surface area is 163 Å². The molecule has 6 heteroatoms. The van der Waals surface area contributed by atoms with E-state index in [1.165, 1.54) is 0 Å². The van der Waals surface area contributed by atoms with Gasteiger partial charge in [-0.3, -0.25) is 9.78 Å². The second-order valence-electron chi connectivity index (χ2n) is 5.83. The molecule has 0 fully saturated rings. The third-order valence-corrected chi connectivity index (χ3v) is 4.30. The van der Waals surface area contributed by atoms with Crippen LogP contribution in [0.2, 0.25) is 5.02 Å². The van der Waals surface area contributed by atoms with E-state index in [1.807, 2.05) is 24.3 Å². The molecular weight excluding hydrogens is 364 g/mol. The summed E-state index contributed by atoms with van der Waals surface area (Å²) >= 11 is 6.01. The van der Waals surface area contributed by atoms with E-state index in [9.17, 15) is 4.79 Å². The minimum atomic E-state index is -0.182. The lowest BCUT2D eigenvalue weighted by molar-refractivity contribution is 0.0984. The number of ether oxygens (including phenoxy) is 2. The molecular formula is C21H19ClN2O3. The fraction of sp³-hybridized carbons (Fsp3) is 0.143. The quantitative estimate of drug-likeness (QED) is 0.625. The van der Waals surface area contributed by atoms with Crippen molar-refractivity contribution in [2.45, 2.75) is 6.54 Å². The molecule has 1 aromatic heterocycles. The molecule has 0 aliphatic rings. The lowest BCUT2D eigenvalue weighted by Crippen LogP contribution is -2.30. The van der Waals surface area contributed by atoms with Gasteiger partial charge >= 0.3 is 0 Å². The van der Waals surface area contributed by atoms with Crippen LogP contribution in [0, 0.1) is 0 Å². The zero-order valence-corrected chi connectivity index (χ0v) is 15.8. The SMILES string of the molecule is COc1cc(OC)cc(C(=O)N(Cc2cccnc2)c2ccc(Cl)cc2)c1. The van der Waals surface area contributed by atoms with Crippen LogP contribution in [0.4, 0.5) is 5.69 Å². The normalized spacial score (nSPS) is 10.3. The average molecular weight is 383 g/mol. The molecule has 0 aliphatic carbocycles. The molecule has 5 nitrogen and oxygen atoms in total. The number of carbonyl (C=O) groups excluding carboxylic acids is 1. The van der Waals surface area contributed by atoms with Crippen LogP contribution >= 0.6 is 11.6 Å². The Morgan fingerprint density at radius 2 is 1.70 bits per heavy atom. The van der Waals surface area contributed by atoms with Crippen molar-refractivity contribution >= 4 is 23.2 Å². The highest BCUT2D eigenvalue weighted by Gasteiger charge is 2.20. The van der Waals surface area contributed by atoms with Crippen molar-refractivity contribution in [3.8, 4) is 11.5 Å². The van der Waals surface area contributed by atoms with Crippen LogP contribution in [-0.2, 0) is 6.54 Å². The molecule has 0 radical (unpaired) electrons. The Kier molecular flexibility index (Phi) is 5.94. The number of carbonyl (C=O) groups is 1. The molecule has 0 spiro atoms. The summed E-state index contributed by atoms with van der Waals surface area (Å²) in [7, 11) is 3.10. The smallest absolute Gasteiger partial charge is 0.258 e. The maximum atomic E-state index is 13.3. The summed E-state index contributed by atoms with van der Waals surface area (Å²) in [6.45, 7) is 0.369. The van der Waals surface area contributed by atoms with Gasteiger partial charge in [0, 0.05) is 34.7 Å². The van der Waals surface area contributed by atoms with E-state index in [1.54, 1.807) is 61.8 Å². The molecule has 138 valence electrons. The highest BCUT2D eigenvalue weighted by Crippen LogP contribution is 2.27. The molecule has 3 aromatic rings. The number of amides is 1. The molecule has 0 bridgehead atoms. The topological polar surface area (TPSA) is 51.7 Å². The van der Waals surface area contributed by atoms with E-state index >= 15 is 0 Å². The number of pyridine rings is 1. The van der Waals surface area contributed by atoms with Crippen LogP contribution in [0.5, 0.6) is 11.5 Å². The number of halogens is 1. The summed E-state index contributed by atoms with van der Waals surface area (Å²) in [5.41, 5.74) is 2.11. The summed E-state index contributed by atoms with van der Waals surface area (Å²) in [6.07, 6.45) is 3.44. The lowest BCUT2D eigenvalue weighted by atomic mass is 10.1. The lowest BCUT2D eigenvalue weighted by Gasteiger charge is -2.23. The Morgan fingerprint density at radius 3 is 2.26 bits per heavy atom. The Morgan fingerprint density at radius 1 is 1.04 bits per heavy atom. The van der Waals surface area contributed by atoms with Crippen molar-refractivity contribution in [3.05, 3.63) is 83.1 Å². The average Bonchev–Trinajstić information content (AvgIpc) is 2.72. The van der Waals surface area contributed by atoms with E-state index < -0.39 is 0 Å². The number of rotatable bonds is 6. The van der Waals surface area contributed by atoms with Gasteiger partial charge in [-0.2, -0.15) is 0 Å². The number of nitrogens with zero attached hydrogens (tertiary/aromatic N) is 2. The van der Waals surface area contributed by atoms with Crippen molar-refractivity contribution in [1.82, 2.24) is 4.98 Å². The molecule has 0 unspecified atom stereocenters. The van der Waals surface area contributed by atoms with E-state index in [0.29, 0.717) is 28.6 Å². The van der Waals surface area contributed by atoms with Crippen LogP contribution in [0.3, 0.4) is 0 Å². The minimum absolute atomic E-state index is 0.182. The van der Waals surface area contributed by atoms with E-state index in [2.05, 4.69) is 4.98 Å². The minimum Gasteiger partial charge on any atom is -0.497 e. The van der Waals surface area contributed by atoms with Gasteiger partial charge in [-0.05, 0) is 48.0 Å². The fourth-order valence-electron chi connectivity index (χ4n) is 2.66. The largest absolute Gasteiger partial charge is 0.497 e. The molecule has 0 aliphatic heterocycles. The van der Waals surface area contributed by atoms with Crippen LogP contribution in [0.25, 0.3) is 0 Å². The fourth-order valence-corrected chi connectivity index (χ4v) is 2.79. The van der Waals surface area contributed by atoms with Gasteiger partial charge in [0.1, 0.15) is 11.5 Å². The first-order valence-corrected chi connectivity index (χ1v) is 8.68. The molecule has 3 rings (SSSR count). The summed E-state index contributed by atoms with van der Waals surface area (Å²) in [6, 6.07) is 16.0. The summed E-state index contributed by atoms with van der Waals surface area (Å²) in [5, 5.41) is 0.607. The first-order chi connectivity index (χ1) is 13.1. The number of aromatic nitrogens is 1. The predicted molar refractivity (Wildman–Crippen MR) is 106 cm³/mol. The third-order valence-electron chi connectivity index (χ3n) is 4.05. The zero-order chi connectivity index (χ0) is 19.2. The Balaban J connectivity index is 2.01. The van der Waals surface area contributed by atoms with E-state index in [4.69, 9.17) is 21.1 Å². The highest BCUT2D eigenvalue weighted by atomic mass is 35.5. The van der Waals surface area contributed by atoms with Crippen LogP contribution in [-0.4, -0.2) is 25.1 Å². The molecule has 1 heterocycles. The monoisotopic (exact) mass is 382 g/mol. The Hall–Kier alpha value is -3.05. The van der Waals surface area contributed by atoms with Crippen molar-refractivity contribution in [1.29, 1.82) is 0 Å². The van der Waals surface area contributed by atoms with Crippen LogP contribution < -0.4 is 14.4 Å². The van der Waals surface area contributed by atoms with Gasteiger partial charge in [0.15, 0.2) is 0 Å². The second kappa shape index (κ2) is 8.56. The van der Waals surface area contributed by atoms with E-state index in [-0.39, 0.29) is 5.91 Å². The maximum Gasteiger partial charge on any atom is 0.258 e. The second-order valence-corrected chi connectivity index (χ2v) is 6.27. The molecule has 0 atom stereocenters. The third kappa shape index (κ3) is 4.57. The number of benzene rings is 2. The van der Waals surface area contributed by atoms with Crippen molar-refractivity contribution in [2.75, 3.05) is 19.1 Å². The number of hydrogen-bond donors (Lipinski definition) is 0. The molecule has 27 heavy (non-hydrogen) atoms. The van der Waals surface area contributed by atoms with Gasteiger partial charge < -0.3 is 14.4 Å². The van der Waals surface area contributed by atoms with Gasteiger partial charge in [-0.15, -0.1) is 0 Å². The number of anilines is 1.